The molecule has 0 heterocycles. The molecule has 71 heavy (non-hydrogen) atoms. The van der Waals surface area contributed by atoms with Crippen molar-refractivity contribution in [2.24, 2.45) is 0 Å². The van der Waals surface area contributed by atoms with E-state index in [0.717, 1.165) is 39.0 Å². The lowest BCUT2D eigenvalue weighted by Gasteiger charge is -2.22. The van der Waals surface area contributed by atoms with Gasteiger partial charge in [-0.25, -0.2) is 0 Å². The van der Waals surface area contributed by atoms with E-state index in [4.69, 9.17) is 0 Å². The van der Waals surface area contributed by atoms with Gasteiger partial charge in [-0.1, -0.05) is 269 Å². The molecule has 0 radical (unpaired) electrons. The van der Waals surface area contributed by atoms with E-state index in [2.05, 4.69) is 257 Å². The van der Waals surface area contributed by atoms with E-state index in [9.17, 15) is 0 Å². The van der Waals surface area contributed by atoms with Crippen LogP contribution in [0, 0.1) is 0 Å². The summed E-state index contributed by atoms with van der Waals surface area (Å²) in [6.07, 6.45) is 30.4. The molecule has 0 atom stereocenters. The Morgan fingerprint density at radius 1 is 0.408 bits per heavy atom. The lowest BCUT2D eigenvalue weighted by molar-refractivity contribution is 1.54. The second-order valence-electron chi connectivity index (χ2n) is 18.2. The van der Waals surface area contributed by atoms with Gasteiger partial charge in [-0.05, 0) is 151 Å². The molecule has 0 unspecified atom stereocenters. The predicted molar refractivity (Wildman–Crippen MR) is 310 cm³/mol. The molecule has 334 valence electrons. The van der Waals surface area contributed by atoms with Crippen LogP contribution in [0.1, 0.15) is 45.9 Å². The molecule has 0 nitrogen and oxygen atoms in total. The van der Waals surface area contributed by atoms with Gasteiger partial charge in [-0.3, -0.25) is 0 Å². The van der Waals surface area contributed by atoms with Gasteiger partial charge in [0.1, 0.15) is 0 Å². The van der Waals surface area contributed by atoms with E-state index in [1.165, 1.54) is 105 Å². The highest BCUT2D eigenvalue weighted by Gasteiger charge is 2.35. The van der Waals surface area contributed by atoms with Gasteiger partial charge in [0.25, 0.3) is 0 Å². The topological polar surface area (TPSA) is 0 Å². The van der Waals surface area contributed by atoms with Crippen molar-refractivity contribution in [2.75, 3.05) is 0 Å². The van der Waals surface area contributed by atoms with Gasteiger partial charge in [0, 0.05) is 0 Å². The number of allylic oxidation sites excluding steroid dienone is 13. The molecule has 0 aliphatic heterocycles. The molecule has 0 bridgehead atoms. The third kappa shape index (κ3) is 6.91. The van der Waals surface area contributed by atoms with Crippen molar-refractivity contribution in [1.82, 2.24) is 0 Å². The fourth-order valence-electron chi connectivity index (χ4n) is 11.7. The number of hydrogen-bond donors (Lipinski definition) is 0. The van der Waals surface area contributed by atoms with Crippen molar-refractivity contribution < 1.29 is 0 Å². The summed E-state index contributed by atoms with van der Waals surface area (Å²) in [5.41, 5.74) is 26.2. The fraction of sp³-hybridized carbons (Fsp3) is 0.0141. The summed E-state index contributed by atoms with van der Waals surface area (Å²) in [6, 6.07) is 59.7. The SMILES string of the molecule is C=C/C=C(\C=C/C)c1c2c(c(-c3ccccc3)c3ccccc13)/C1=C/C=C/C=C/C=C(c3ccc4c5c(cccc35)-c3c(-c5ccccc5)c(C=C)c(C=C)c(-c5ccccc5)c3-4)\C=C/c3cccc-2c31. The minimum atomic E-state index is 1.09. The Hall–Kier alpha value is -9.10. The number of fused-ring (bicyclic) bond motifs is 7. The predicted octanol–water partition coefficient (Wildman–Crippen LogP) is 19.7. The molecule has 0 N–H and O–H groups in total. The summed E-state index contributed by atoms with van der Waals surface area (Å²) in [5.74, 6) is 0. The summed E-state index contributed by atoms with van der Waals surface area (Å²) in [6.45, 7) is 15.1. The smallest absolute Gasteiger partial charge is 0.000741 e. The van der Waals surface area contributed by atoms with Crippen molar-refractivity contribution >= 4 is 56.5 Å². The molecule has 3 aliphatic rings. The van der Waals surface area contributed by atoms with Gasteiger partial charge in [0.15, 0.2) is 0 Å². The second-order valence-corrected chi connectivity index (χ2v) is 18.2. The van der Waals surface area contributed by atoms with Gasteiger partial charge in [0.05, 0.1) is 0 Å². The minimum Gasteiger partial charge on any atom is -0.0990 e. The van der Waals surface area contributed by atoms with E-state index in [1.54, 1.807) is 0 Å². The summed E-state index contributed by atoms with van der Waals surface area (Å²) >= 11 is 0. The lowest BCUT2D eigenvalue weighted by Crippen LogP contribution is -1.98. The number of hydrogen-bond acceptors (Lipinski definition) is 0. The third-order valence-electron chi connectivity index (χ3n) is 14.4. The van der Waals surface area contributed by atoms with Crippen molar-refractivity contribution in [1.29, 1.82) is 0 Å². The van der Waals surface area contributed by atoms with E-state index >= 15 is 0 Å². The highest BCUT2D eigenvalue weighted by molar-refractivity contribution is 6.25. The maximum atomic E-state index is 4.42. The lowest BCUT2D eigenvalue weighted by atomic mass is 9.80. The molecule has 9 aromatic rings. The van der Waals surface area contributed by atoms with Crippen LogP contribution in [0.2, 0.25) is 0 Å². The average Bonchev–Trinajstić information content (AvgIpc) is 3.93. The molecule has 12 rings (SSSR count). The minimum absolute atomic E-state index is 1.09. The zero-order valence-corrected chi connectivity index (χ0v) is 39.8. The maximum Gasteiger partial charge on any atom is -0.000741 e. The molecule has 0 aromatic heterocycles. The normalized spacial score (nSPS) is 16.2. The van der Waals surface area contributed by atoms with E-state index in [0.29, 0.717) is 0 Å². The molecule has 0 saturated heterocycles. The van der Waals surface area contributed by atoms with Crippen LogP contribution in [-0.4, -0.2) is 0 Å². The van der Waals surface area contributed by atoms with Gasteiger partial charge in [-0.15, -0.1) is 0 Å². The Morgan fingerprint density at radius 3 is 1.59 bits per heavy atom. The van der Waals surface area contributed by atoms with Crippen LogP contribution in [0.4, 0.5) is 0 Å². The van der Waals surface area contributed by atoms with Crippen LogP contribution in [0.3, 0.4) is 0 Å². The maximum absolute atomic E-state index is 4.42. The van der Waals surface area contributed by atoms with Gasteiger partial charge in [-0.2, -0.15) is 0 Å². The first-order chi connectivity index (χ1) is 35.1. The van der Waals surface area contributed by atoms with Crippen LogP contribution in [-0.2, 0) is 0 Å². The van der Waals surface area contributed by atoms with Crippen LogP contribution >= 0.6 is 0 Å². The molecular formula is C71H50. The zero-order valence-electron chi connectivity index (χ0n) is 39.8. The Balaban J connectivity index is 1.09. The fourth-order valence-corrected chi connectivity index (χ4v) is 11.7. The van der Waals surface area contributed by atoms with Crippen LogP contribution in [0.25, 0.3) is 123 Å². The zero-order chi connectivity index (χ0) is 48.0. The Morgan fingerprint density at radius 2 is 0.958 bits per heavy atom. The first kappa shape index (κ1) is 43.2. The van der Waals surface area contributed by atoms with Crippen molar-refractivity contribution in [2.45, 2.75) is 6.92 Å². The molecule has 3 aliphatic carbocycles. The quantitative estimate of drug-likeness (QED) is 0.127. The van der Waals surface area contributed by atoms with E-state index < -0.39 is 0 Å². The Bertz CT molecular complexity index is 3850. The number of benzene rings is 9. The standard InChI is InChI=1S/C71H50/c1-5-26-47(27-6-2)65-56-36-22-23-37-57(56)66(50-33-19-13-20-34-50)68-58-38-21-10-9-14-28-46(42-43-51-35-24-40-59(62(51)58)69(65)68)54-44-45-61-67-55(54)39-25-41-60(67)70-63(48-29-15-11-16-30-48)52(7-3)53(8-4)64(71(61)70)49-31-17-12-18-32-49/h5-45H,1,3-4H2,2H3/b10-9?,14-9+,21-10+,27-6-,28-14?,38-21?,43-42-,46-28+,46-42?,47-26+,51-43?,58-38+. The molecule has 0 amide bonds. The Kier molecular flexibility index (Phi) is 11.0. The molecule has 0 heteroatoms. The monoisotopic (exact) mass is 902 g/mol. The van der Waals surface area contributed by atoms with Crippen LogP contribution < -0.4 is 0 Å². The average molecular weight is 903 g/mol. The summed E-state index contributed by atoms with van der Waals surface area (Å²) in [4.78, 5) is 0. The Labute approximate surface area is 417 Å². The molecule has 0 saturated carbocycles. The summed E-state index contributed by atoms with van der Waals surface area (Å²) < 4.78 is 0. The summed E-state index contributed by atoms with van der Waals surface area (Å²) in [7, 11) is 0. The molecule has 0 spiro atoms. The van der Waals surface area contributed by atoms with Crippen LogP contribution in [0.15, 0.2) is 250 Å². The highest BCUT2D eigenvalue weighted by atomic mass is 14.4. The molecular weight excluding hydrogens is 853 g/mol. The number of rotatable bonds is 9. The first-order valence-corrected chi connectivity index (χ1v) is 24.5. The first-order valence-electron chi connectivity index (χ1n) is 24.5. The van der Waals surface area contributed by atoms with Crippen LogP contribution in [0.5, 0.6) is 0 Å². The third-order valence-corrected chi connectivity index (χ3v) is 14.4. The molecule has 0 fully saturated rings. The molecule has 9 aromatic carbocycles. The van der Waals surface area contributed by atoms with Gasteiger partial charge in [0.2, 0.25) is 0 Å². The van der Waals surface area contributed by atoms with E-state index in [1.807, 2.05) is 18.2 Å². The van der Waals surface area contributed by atoms with Crippen molar-refractivity contribution in [3.63, 3.8) is 0 Å². The van der Waals surface area contributed by atoms with E-state index in [-0.39, 0.29) is 0 Å². The van der Waals surface area contributed by atoms with Crippen molar-refractivity contribution in [3.8, 4) is 66.8 Å². The largest absolute Gasteiger partial charge is 0.0990 e. The highest BCUT2D eigenvalue weighted by Crippen LogP contribution is 2.59. The van der Waals surface area contributed by atoms with Gasteiger partial charge >= 0.3 is 0 Å². The van der Waals surface area contributed by atoms with Gasteiger partial charge < -0.3 is 0 Å². The summed E-state index contributed by atoms with van der Waals surface area (Å²) in [5, 5.41) is 4.91. The van der Waals surface area contributed by atoms with Crippen molar-refractivity contribution in [3.05, 3.63) is 289 Å². The second kappa shape index (κ2) is 18.1.